The van der Waals surface area contributed by atoms with Gasteiger partial charge in [-0.15, -0.1) is 0 Å². The molecule has 72 valence electrons. The highest BCUT2D eigenvalue weighted by Gasteiger charge is 2.47. The molecule has 0 unspecified atom stereocenters. The van der Waals surface area contributed by atoms with E-state index in [1.54, 1.807) is 0 Å². The normalized spacial score (nSPS) is 39.6. The molecular weight excluding hydrogens is 166 g/mol. The molecule has 0 bridgehead atoms. The molecule has 3 nitrogen and oxygen atoms in total. The highest BCUT2D eigenvalue weighted by molar-refractivity contribution is 6.05. The smallest absolute Gasteiger partial charge is 0.233 e. The molecule has 0 atom stereocenters. The van der Waals surface area contributed by atoms with Gasteiger partial charge in [0.15, 0.2) is 0 Å². The average molecular weight is 181 g/mol. The van der Waals surface area contributed by atoms with Gasteiger partial charge in [0.25, 0.3) is 0 Å². The molecule has 1 aliphatic carbocycles. The summed E-state index contributed by atoms with van der Waals surface area (Å²) in [6, 6.07) is 0. The van der Waals surface area contributed by atoms with Crippen LogP contribution in [0.2, 0.25) is 0 Å². The Kier molecular flexibility index (Phi) is 1.90. The van der Waals surface area contributed by atoms with Crippen LogP contribution in [-0.2, 0) is 9.59 Å². The quantitative estimate of drug-likeness (QED) is 0.571. The molecule has 1 saturated heterocycles. The monoisotopic (exact) mass is 181 g/mol. The van der Waals surface area contributed by atoms with Crippen LogP contribution in [0.5, 0.6) is 0 Å². The van der Waals surface area contributed by atoms with Gasteiger partial charge in [0.1, 0.15) is 0 Å². The van der Waals surface area contributed by atoms with Crippen molar-refractivity contribution >= 4 is 11.8 Å². The molecule has 2 amide bonds. The molecule has 1 spiro atoms. The van der Waals surface area contributed by atoms with Crippen LogP contribution in [0.1, 0.15) is 39.0 Å². The minimum absolute atomic E-state index is 0.0237. The van der Waals surface area contributed by atoms with Gasteiger partial charge in [-0.3, -0.25) is 14.9 Å². The fraction of sp³-hybridized carbons (Fsp3) is 0.800. The molecule has 13 heavy (non-hydrogen) atoms. The molecule has 1 saturated carbocycles. The van der Waals surface area contributed by atoms with Crippen LogP contribution >= 0.6 is 0 Å². The topological polar surface area (TPSA) is 46.2 Å². The molecule has 2 aliphatic rings. The highest BCUT2D eigenvalue weighted by atomic mass is 16.2. The lowest BCUT2D eigenvalue weighted by Gasteiger charge is -2.32. The Labute approximate surface area is 77.9 Å². The van der Waals surface area contributed by atoms with Crippen molar-refractivity contribution in [2.45, 2.75) is 39.0 Å². The molecule has 2 fully saturated rings. The predicted molar refractivity (Wildman–Crippen MR) is 47.8 cm³/mol. The molecule has 1 N–H and O–H groups in total. The van der Waals surface area contributed by atoms with E-state index in [0.29, 0.717) is 12.3 Å². The van der Waals surface area contributed by atoms with Crippen LogP contribution in [0, 0.1) is 11.3 Å². The number of rotatable bonds is 0. The van der Waals surface area contributed by atoms with Gasteiger partial charge in [-0.05, 0) is 31.6 Å². The van der Waals surface area contributed by atoms with Crippen molar-refractivity contribution in [1.82, 2.24) is 5.32 Å². The summed E-state index contributed by atoms with van der Waals surface area (Å²) in [5.41, 5.74) is -0.316. The average Bonchev–Trinajstić information content (AvgIpc) is 2.34. The standard InChI is InChI=1S/C10H15NO2/c1-7-2-4-10(5-3-7)6-8(12)11-9(10)13/h7H,2-6H2,1H3,(H,11,12,13). The van der Waals surface area contributed by atoms with Gasteiger partial charge in [-0.25, -0.2) is 0 Å². The summed E-state index contributed by atoms with van der Waals surface area (Å²) >= 11 is 0. The van der Waals surface area contributed by atoms with Crippen molar-refractivity contribution in [2.24, 2.45) is 11.3 Å². The fourth-order valence-corrected chi connectivity index (χ4v) is 2.41. The zero-order valence-corrected chi connectivity index (χ0v) is 7.93. The second-order valence-corrected chi connectivity index (χ2v) is 4.52. The van der Waals surface area contributed by atoms with Crippen LogP contribution in [0.25, 0.3) is 0 Å². The number of hydrogen-bond acceptors (Lipinski definition) is 2. The first-order valence-electron chi connectivity index (χ1n) is 4.97. The maximum Gasteiger partial charge on any atom is 0.233 e. The lowest BCUT2D eigenvalue weighted by molar-refractivity contribution is -0.130. The molecular formula is C10H15NO2. The van der Waals surface area contributed by atoms with Gasteiger partial charge in [-0.1, -0.05) is 6.92 Å². The molecule has 1 aliphatic heterocycles. The maximum absolute atomic E-state index is 11.5. The molecule has 0 aromatic carbocycles. The Bertz CT molecular complexity index is 252. The summed E-state index contributed by atoms with van der Waals surface area (Å²) < 4.78 is 0. The Balaban J connectivity index is 2.13. The fourth-order valence-electron chi connectivity index (χ4n) is 2.41. The van der Waals surface area contributed by atoms with Gasteiger partial charge in [-0.2, -0.15) is 0 Å². The Morgan fingerprint density at radius 3 is 2.38 bits per heavy atom. The molecule has 2 rings (SSSR count). The zero-order valence-electron chi connectivity index (χ0n) is 7.93. The van der Waals surface area contributed by atoms with E-state index in [4.69, 9.17) is 0 Å². The van der Waals surface area contributed by atoms with Crippen LogP contribution in [0.3, 0.4) is 0 Å². The van der Waals surface area contributed by atoms with Crippen LogP contribution in [-0.4, -0.2) is 11.8 Å². The molecule has 3 heteroatoms. The summed E-state index contributed by atoms with van der Waals surface area (Å²) in [7, 11) is 0. The van der Waals surface area contributed by atoms with Crippen LogP contribution in [0.4, 0.5) is 0 Å². The molecule has 0 radical (unpaired) electrons. The van der Waals surface area contributed by atoms with E-state index in [1.165, 1.54) is 0 Å². The molecule has 0 aromatic rings. The highest BCUT2D eigenvalue weighted by Crippen LogP contribution is 2.43. The van der Waals surface area contributed by atoms with Crippen molar-refractivity contribution in [2.75, 3.05) is 0 Å². The summed E-state index contributed by atoms with van der Waals surface area (Å²) in [5, 5.41) is 2.41. The minimum Gasteiger partial charge on any atom is -0.296 e. The van der Waals surface area contributed by atoms with Crippen molar-refractivity contribution in [1.29, 1.82) is 0 Å². The first-order chi connectivity index (χ1) is 6.12. The largest absolute Gasteiger partial charge is 0.296 e. The number of hydrogen-bond donors (Lipinski definition) is 1. The van der Waals surface area contributed by atoms with E-state index >= 15 is 0 Å². The third-order valence-corrected chi connectivity index (χ3v) is 3.46. The van der Waals surface area contributed by atoms with E-state index in [2.05, 4.69) is 12.2 Å². The van der Waals surface area contributed by atoms with Gasteiger partial charge in [0.05, 0.1) is 5.41 Å². The third-order valence-electron chi connectivity index (χ3n) is 3.46. The summed E-state index contributed by atoms with van der Waals surface area (Å²) in [6.07, 6.45) is 4.39. The third kappa shape index (κ3) is 1.36. The molecule has 0 aromatic heterocycles. The number of nitrogens with one attached hydrogen (secondary N) is 1. The second kappa shape index (κ2) is 2.82. The van der Waals surface area contributed by atoms with Crippen molar-refractivity contribution in [3.05, 3.63) is 0 Å². The Hall–Kier alpha value is -0.860. The lowest BCUT2D eigenvalue weighted by atomic mass is 9.70. The number of amides is 2. The minimum atomic E-state index is -0.316. The van der Waals surface area contributed by atoms with E-state index in [0.717, 1.165) is 25.7 Å². The number of carbonyl (C=O) groups excluding carboxylic acids is 2. The van der Waals surface area contributed by atoms with Gasteiger partial charge in [0, 0.05) is 6.42 Å². The predicted octanol–water partition coefficient (Wildman–Crippen LogP) is 1.23. The maximum atomic E-state index is 11.5. The summed E-state index contributed by atoms with van der Waals surface area (Å²) in [4.78, 5) is 22.6. The summed E-state index contributed by atoms with van der Waals surface area (Å²) in [5.74, 6) is 0.609. The van der Waals surface area contributed by atoms with Gasteiger partial charge in [0.2, 0.25) is 11.8 Å². The first-order valence-corrected chi connectivity index (χ1v) is 4.97. The van der Waals surface area contributed by atoms with Crippen molar-refractivity contribution < 1.29 is 9.59 Å². The second-order valence-electron chi connectivity index (χ2n) is 4.52. The zero-order chi connectivity index (χ0) is 9.47. The van der Waals surface area contributed by atoms with Crippen molar-refractivity contribution in [3.8, 4) is 0 Å². The lowest BCUT2D eigenvalue weighted by Crippen LogP contribution is -2.34. The Morgan fingerprint density at radius 1 is 1.31 bits per heavy atom. The summed E-state index contributed by atoms with van der Waals surface area (Å²) in [6.45, 7) is 2.21. The van der Waals surface area contributed by atoms with E-state index in [9.17, 15) is 9.59 Å². The Morgan fingerprint density at radius 2 is 1.92 bits per heavy atom. The van der Waals surface area contributed by atoms with Crippen LogP contribution in [0.15, 0.2) is 0 Å². The number of imide groups is 1. The first kappa shape index (κ1) is 8.73. The molecule has 1 heterocycles. The van der Waals surface area contributed by atoms with E-state index < -0.39 is 0 Å². The van der Waals surface area contributed by atoms with Gasteiger partial charge < -0.3 is 0 Å². The SMILES string of the molecule is CC1CCC2(CC1)CC(=O)NC2=O. The number of carbonyl (C=O) groups is 2. The van der Waals surface area contributed by atoms with Gasteiger partial charge >= 0.3 is 0 Å². The van der Waals surface area contributed by atoms with E-state index in [-0.39, 0.29) is 17.2 Å². The van der Waals surface area contributed by atoms with Crippen molar-refractivity contribution in [3.63, 3.8) is 0 Å². The van der Waals surface area contributed by atoms with E-state index in [1.807, 2.05) is 0 Å². The van der Waals surface area contributed by atoms with Crippen LogP contribution < -0.4 is 5.32 Å².